The molecular weight excluding hydrogens is 303 g/mol. The molecule has 1 aromatic carbocycles. The smallest absolute Gasteiger partial charge is 0.208 e. The molecule has 1 saturated carbocycles. The van der Waals surface area contributed by atoms with Crippen LogP contribution in [0.4, 0.5) is 13.2 Å². The van der Waals surface area contributed by atoms with Gasteiger partial charge < -0.3 is 0 Å². The third kappa shape index (κ3) is 3.97. The quantitative estimate of drug-likeness (QED) is 0.925. The molecule has 1 aliphatic carbocycles. The summed E-state index contributed by atoms with van der Waals surface area (Å²) in [5, 5.41) is 0. The number of nitrogens with one attached hydrogen (secondary N) is 1. The second-order valence-electron chi connectivity index (χ2n) is 6.25. The summed E-state index contributed by atoms with van der Waals surface area (Å²) in [5.41, 5.74) is -0.904. The summed E-state index contributed by atoms with van der Waals surface area (Å²) in [6.45, 7) is 4.09. The standard InChI is InChI=1S/C14H18F3NO2S/c1-13(2)7-6-11(9-13)18-21(19,20)12-5-3-4-10(8-12)14(15,16)17/h3-5,8,11,18H,6-7,9H2,1-2H3. The molecule has 1 unspecified atom stereocenters. The van der Waals surface area contributed by atoms with E-state index in [1.807, 2.05) is 13.8 Å². The lowest BCUT2D eigenvalue weighted by Gasteiger charge is -2.18. The minimum atomic E-state index is -4.55. The van der Waals surface area contributed by atoms with Crippen molar-refractivity contribution in [3.63, 3.8) is 0 Å². The van der Waals surface area contributed by atoms with Gasteiger partial charge in [0.15, 0.2) is 0 Å². The van der Waals surface area contributed by atoms with Crippen molar-refractivity contribution in [3.8, 4) is 0 Å². The van der Waals surface area contributed by atoms with Crippen LogP contribution >= 0.6 is 0 Å². The molecule has 0 bridgehead atoms. The molecule has 1 N–H and O–H groups in total. The Morgan fingerprint density at radius 3 is 2.48 bits per heavy atom. The van der Waals surface area contributed by atoms with Crippen LogP contribution in [0.2, 0.25) is 0 Å². The molecule has 1 aliphatic rings. The number of benzene rings is 1. The van der Waals surface area contributed by atoms with Crippen molar-refractivity contribution in [1.29, 1.82) is 0 Å². The Morgan fingerprint density at radius 2 is 1.95 bits per heavy atom. The van der Waals surface area contributed by atoms with Crippen molar-refractivity contribution in [1.82, 2.24) is 4.72 Å². The number of sulfonamides is 1. The van der Waals surface area contributed by atoms with Crippen LogP contribution in [0.25, 0.3) is 0 Å². The van der Waals surface area contributed by atoms with Gasteiger partial charge in [0.05, 0.1) is 10.5 Å². The minimum absolute atomic E-state index is 0.0566. The average molecular weight is 321 g/mol. The van der Waals surface area contributed by atoms with E-state index >= 15 is 0 Å². The molecule has 0 amide bonds. The third-order valence-electron chi connectivity index (χ3n) is 3.76. The molecule has 3 nitrogen and oxygen atoms in total. The summed E-state index contributed by atoms with van der Waals surface area (Å²) in [5.74, 6) is 0. The van der Waals surface area contributed by atoms with E-state index in [1.165, 1.54) is 6.07 Å². The molecule has 118 valence electrons. The summed E-state index contributed by atoms with van der Waals surface area (Å²) < 4.78 is 64.9. The van der Waals surface area contributed by atoms with E-state index in [4.69, 9.17) is 0 Å². The molecule has 1 aromatic rings. The second kappa shape index (κ2) is 5.28. The maximum atomic E-state index is 12.6. The lowest BCUT2D eigenvalue weighted by atomic mass is 9.92. The zero-order chi connectivity index (χ0) is 15.9. The average Bonchev–Trinajstić information content (AvgIpc) is 2.67. The summed E-state index contributed by atoms with van der Waals surface area (Å²) in [7, 11) is -3.93. The van der Waals surface area contributed by atoms with Crippen molar-refractivity contribution >= 4 is 10.0 Å². The molecule has 0 radical (unpaired) electrons. The van der Waals surface area contributed by atoms with Gasteiger partial charge in [0.25, 0.3) is 0 Å². The Bertz CT molecular complexity index is 623. The van der Waals surface area contributed by atoms with Crippen LogP contribution in [0.3, 0.4) is 0 Å². The highest BCUT2D eigenvalue weighted by molar-refractivity contribution is 7.89. The van der Waals surface area contributed by atoms with Gasteiger partial charge in [0, 0.05) is 6.04 Å². The molecule has 2 rings (SSSR count). The molecule has 1 fully saturated rings. The maximum absolute atomic E-state index is 12.6. The first-order valence-electron chi connectivity index (χ1n) is 6.69. The Balaban J connectivity index is 2.21. The van der Waals surface area contributed by atoms with E-state index in [9.17, 15) is 21.6 Å². The fourth-order valence-corrected chi connectivity index (χ4v) is 3.98. The van der Waals surface area contributed by atoms with Crippen LogP contribution in [0.1, 0.15) is 38.7 Å². The van der Waals surface area contributed by atoms with Gasteiger partial charge in [-0.15, -0.1) is 0 Å². The maximum Gasteiger partial charge on any atom is 0.416 e. The second-order valence-corrected chi connectivity index (χ2v) is 7.96. The highest BCUT2D eigenvalue weighted by Gasteiger charge is 2.35. The number of alkyl halides is 3. The third-order valence-corrected chi connectivity index (χ3v) is 5.28. The molecule has 21 heavy (non-hydrogen) atoms. The summed E-state index contributed by atoms with van der Waals surface area (Å²) in [6.07, 6.45) is -2.28. The van der Waals surface area contributed by atoms with E-state index in [0.29, 0.717) is 18.9 Å². The molecule has 0 spiro atoms. The van der Waals surface area contributed by atoms with Gasteiger partial charge in [-0.25, -0.2) is 13.1 Å². The monoisotopic (exact) mass is 321 g/mol. The zero-order valence-electron chi connectivity index (χ0n) is 11.9. The SMILES string of the molecule is CC1(C)CCC(NS(=O)(=O)c2cccc(C(F)(F)F)c2)C1. The molecule has 1 atom stereocenters. The summed E-state index contributed by atoms with van der Waals surface area (Å²) in [4.78, 5) is -0.345. The van der Waals surface area contributed by atoms with Crippen molar-refractivity contribution < 1.29 is 21.6 Å². The van der Waals surface area contributed by atoms with E-state index < -0.39 is 21.8 Å². The normalized spacial score (nSPS) is 22.4. The van der Waals surface area contributed by atoms with Gasteiger partial charge in [-0.05, 0) is 42.9 Å². The van der Waals surface area contributed by atoms with Crippen LogP contribution in [0.5, 0.6) is 0 Å². The Kier molecular flexibility index (Phi) is 4.10. The van der Waals surface area contributed by atoms with Crippen LogP contribution in [-0.2, 0) is 16.2 Å². The van der Waals surface area contributed by atoms with E-state index in [0.717, 1.165) is 18.6 Å². The molecule has 7 heteroatoms. The Hall–Kier alpha value is -1.08. The minimum Gasteiger partial charge on any atom is -0.208 e. The molecule has 0 heterocycles. The topological polar surface area (TPSA) is 46.2 Å². The van der Waals surface area contributed by atoms with Gasteiger partial charge in [-0.3, -0.25) is 0 Å². The van der Waals surface area contributed by atoms with Crippen LogP contribution in [0.15, 0.2) is 29.2 Å². The fraction of sp³-hybridized carbons (Fsp3) is 0.571. The van der Waals surface area contributed by atoms with Crippen molar-refractivity contribution in [3.05, 3.63) is 29.8 Å². The van der Waals surface area contributed by atoms with Gasteiger partial charge in [0.1, 0.15) is 0 Å². The van der Waals surface area contributed by atoms with Gasteiger partial charge in [-0.2, -0.15) is 13.2 Å². The molecule has 0 aromatic heterocycles. The molecule has 0 aliphatic heterocycles. The van der Waals surface area contributed by atoms with Crippen LogP contribution in [0, 0.1) is 5.41 Å². The van der Waals surface area contributed by atoms with Gasteiger partial charge >= 0.3 is 6.18 Å². The Morgan fingerprint density at radius 1 is 1.29 bits per heavy atom. The van der Waals surface area contributed by atoms with Crippen molar-refractivity contribution in [2.45, 2.75) is 50.2 Å². The Labute approximate surface area is 122 Å². The number of rotatable bonds is 3. The number of hydrogen-bond donors (Lipinski definition) is 1. The number of halogens is 3. The van der Waals surface area contributed by atoms with Crippen molar-refractivity contribution in [2.75, 3.05) is 0 Å². The molecule has 0 saturated heterocycles. The largest absolute Gasteiger partial charge is 0.416 e. The number of hydrogen-bond acceptors (Lipinski definition) is 2. The van der Waals surface area contributed by atoms with Crippen molar-refractivity contribution in [2.24, 2.45) is 5.41 Å². The molecular formula is C14H18F3NO2S. The summed E-state index contributed by atoms with van der Waals surface area (Å²) >= 11 is 0. The fourth-order valence-electron chi connectivity index (χ4n) is 2.66. The van der Waals surface area contributed by atoms with E-state index in [1.54, 1.807) is 0 Å². The van der Waals surface area contributed by atoms with Gasteiger partial charge in [0.2, 0.25) is 10.0 Å². The van der Waals surface area contributed by atoms with Gasteiger partial charge in [-0.1, -0.05) is 19.9 Å². The van der Waals surface area contributed by atoms with E-state index in [-0.39, 0.29) is 16.4 Å². The predicted molar refractivity (Wildman–Crippen MR) is 73.2 cm³/mol. The first-order valence-corrected chi connectivity index (χ1v) is 8.18. The first-order chi connectivity index (χ1) is 9.50. The highest BCUT2D eigenvalue weighted by Crippen LogP contribution is 2.37. The van der Waals surface area contributed by atoms with E-state index in [2.05, 4.69) is 4.72 Å². The lowest BCUT2D eigenvalue weighted by Crippen LogP contribution is -2.33. The first kappa shape index (κ1) is 16.3. The highest BCUT2D eigenvalue weighted by atomic mass is 32.2. The van der Waals surface area contributed by atoms with Crippen LogP contribution in [-0.4, -0.2) is 14.5 Å². The predicted octanol–water partition coefficient (Wildman–Crippen LogP) is 3.56. The zero-order valence-corrected chi connectivity index (χ0v) is 12.7. The summed E-state index contributed by atoms with van der Waals surface area (Å²) in [6, 6.07) is 3.59. The lowest BCUT2D eigenvalue weighted by molar-refractivity contribution is -0.137. The van der Waals surface area contributed by atoms with Crippen LogP contribution < -0.4 is 4.72 Å².